The summed E-state index contributed by atoms with van der Waals surface area (Å²) >= 11 is 0. The summed E-state index contributed by atoms with van der Waals surface area (Å²) in [6.07, 6.45) is 0. The summed E-state index contributed by atoms with van der Waals surface area (Å²) in [6, 6.07) is 76.6. The molecule has 9 rings (SSSR count). The van der Waals surface area contributed by atoms with E-state index in [1.807, 2.05) is 0 Å². The zero-order valence-electron chi connectivity index (χ0n) is 28.2. The van der Waals surface area contributed by atoms with E-state index >= 15 is 0 Å². The van der Waals surface area contributed by atoms with Gasteiger partial charge in [0.15, 0.2) is 0 Å². The molecular formula is C50H35N. The van der Waals surface area contributed by atoms with Crippen molar-refractivity contribution >= 4 is 38.6 Å². The summed E-state index contributed by atoms with van der Waals surface area (Å²) < 4.78 is 0. The van der Waals surface area contributed by atoms with Gasteiger partial charge in [0.2, 0.25) is 0 Å². The van der Waals surface area contributed by atoms with Gasteiger partial charge in [-0.25, -0.2) is 0 Å². The van der Waals surface area contributed by atoms with E-state index in [0.29, 0.717) is 0 Å². The molecule has 0 aliphatic carbocycles. The summed E-state index contributed by atoms with van der Waals surface area (Å²) in [5, 5.41) is 5.02. The average Bonchev–Trinajstić information content (AvgIpc) is 3.22. The number of hydrogen-bond donors (Lipinski definition) is 0. The molecule has 0 spiro atoms. The van der Waals surface area contributed by atoms with Crippen molar-refractivity contribution in [2.45, 2.75) is 0 Å². The molecule has 9 aromatic rings. The monoisotopic (exact) mass is 649 g/mol. The topological polar surface area (TPSA) is 3.24 Å². The van der Waals surface area contributed by atoms with Crippen LogP contribution < -0.4 is 4.90 Å². The van der Waals surface area contributed by atoms with Gasteiger partial charge in [-0.1, -0.05) is 170 Å². The maximum absolute atomic E-state index is 2.37. The summed E-state index contributed by atoms with van der Waals surface area (Å²) in [5.41, 5.74) is 13.0. The van der Waals surface area contributed by atoms with Crippen LogP contribution in [0.2, 0.25) is 0 Å². The second-order valence-corrected chi connectivity index (χ2v) is 13.0. The highest BCUT2D eigenvalue weighted by molar-refractivity contribution is 6.08. The molecule has 0 saturated carbocycles. The third-order valence-electron chi connectivity index (χ3n) is 9.87. The standard InChI is InChI=1S/C50H35N/c1-4-12-36(13-5-1)38-22-27-44(28-23-38)51(46-31-33-49-43(34-46)21-20-40-18-10-11-19-47(40)49)45-29-24-41(25-30-45)50-35-42(37-14-6-2-7-15-37)26-32-48(50)39-16-8-3-9-17-39/h1-35H. The third kappa shape index (κ3) is 5.96. The van der Waals surface area contributed by atoms with Crippen LogP contribution in [0.15, 0.2) is 212 Å². The molecule has 0 bridgehead atoms. The highest BCUT2D eigenvalue weighted by Gasteiger charge is 2.16. The first-order valence-corrected chi connectivity index (χ1v) is 17.5. The fraction of sp³-hybridized carbons (Fsp3) is 0. The highest BCUT2D eigenvalue weighted by Crippen LogP contribution is 2.41. The first-order valence-electron chi connectivity index (χ1n) is 17.5. The Kier molecular flexibility index (Phi) is 7.92. The van der Waals surface area contributed by atoms with Crippen LogP contribution in [-0.2, 0) is 0 Å². The van der Waals surface area contributed by atoms with E-state index in [1.165, 1.54) is 66.1 Å². The summed E-state index contributed by atoms with van der Waals surface area (Å²) in [5.74, 6) is 0. The van der Waals surface area contributed by atoms with Gasteiger partial charge in [-0.2, -0.15) is 0 Å². The lowest BCUT2D eigenvalue weighted by molar-refractivity contribution is 1.29. The molecule has 51 heavy (non-hydrogen) atoms. The van der Waals surface area contributed by atoms with Gasteiger partial charge in [-0.15, -0.1) is 0 Å². The zero-order chi connectivity index (χ0) is 34.0. The van der Waals surface area contributed by atoms with Gasteiger partial charge in [-0.05, 0) is 109 Å². The minimum absolute atomic E-state index is 1.10. The van der Waals surface area contributed by atoms with Gasteiger partial charge in [-0.3, -0.25) is 0 Å². The smallest absolute Gasteiger partial charge is 0.0468 e. The van der Waals surface area contributed by atoms with Crippen molar-refractivity contribution in [2.75, 3.05) is 4.90 Å². The lowest BCUT2D eigenvalue weighted by atomic mass is 9.91. The molecule has 0 atom stereocenters. The Morgan fingerprint density at radius 3 is 1.35 bits per heavy atom. The molecule has 0 fully saturated rings. The van der Waals surface area contributed by atoms with Gasteiger partial charge < -0.3 is 4.90 Å². The van der Waals surface area contributed by atoms with Crippen molar-refractivity contribution in [3.63, 3.8) is 0 Å². The summed E-state index contributed by atoms with van der Waals surface area (Å²) in [6.45, 7) is 0. The van der Waals surface area contributed by atoms with Crippen molar-refractivity contribution in [1.29, 1.82) is 0 Å². The molecule has 9 aromatic carbocycles. The molecule has 0 N–H and O–H groups in total. The fourth-order valence-corrected chi connectivity index (χ4v) is 7.27. The maximum atomic E-state index is 2.37. The molecule has 0 aromatic heterocycles. The molecule has 0 aliphatic heterocycles. The predicted octanol–water partition coefficient (Wildman–Crippen LogP) is 14.1. The fourth-order valence-electron chi connectivity index (χ4n) is 7.27. The number of nitrogens with zero attached hydrogens (tertiary/aromatic N) is 1. The largest absolute Gasteiger partial charge is 0.310 e. The van der Waals surface area contributed by atoms with E-state index < -0.39 is 0 Å². The number of benzene rings is 9. The minimum Gasteiger partial charge on any atom is -0.310 e. The van der Waals surface area contributed by atoms with Crippen molar-refractivity contribution in [2.24, 2.45) is 0 Å². The number of hydrogen-bond acceptors (Lipinski definition) is 1. The Hall–Kier alpha value is -6.70. The Balaban J connectivity index is 1.16. The second kappa shape index (κ2) is 13.3. The number of fused-ring (bicyclic) bond motifs is 3. The van der Waals surface area contributed by atoms with Gasteiger partial charge in [0.1, 0.15) is 0 Å². The van der Waals surface area contributed by atoms with Gasteiger partial charge >= 0.3 is 0 Å². The van der Waals surface area contributed by atoms with Crippen LogP contribution in [0.1, 0.15) is 0 Å². The van der Waals surface area contributed by atoms with Gasteiger partial charge in [0, 0.05) is 17.1 Å². The van der Waals surface area contributed by atoms with Gasteiger partial charge in [0.05, 0.1) is 0 Å². The molecule has 0 radical (unpaired) electrons. The Morgan fingerprint density at radius 1 is 0.235 bits per heavy atom. The van der Waals surface area contributed by atoms with E-state index in [0.717, 1.165) is 17.1 Å². The lowest BCUT2D eigenvalue weighted by Gasteiger charge is -2.26. The van der Waals surface area contributed by atoms with E-state index in [2.05, 4.69) is 217 Å². The molecule has 0 unspecified atom stereocenters. The van der Waals surface area contributed by atoms with Gasteiger partial charge in [0.25, 0.3) is 0 Å². The first kappa shape index (κ1) is 30.4. The third-order valence-corrected chi connectivity index (χ3v) is 9.87. The normalized spacial score (nSPS) is 11.1. The van der Waals surface area contributed by atoms with Crippen molar-refractivity contribution < 1.29 is 0 Å². The lowest BCUT2D eigenvalue weighted by Crippen LogP contribution is -2.09. The minimum atomic E-state index is 1.10. The Morgan fingerprint density at radius 2 is 0.686 bits per heavy atom. The van der Waals surface area contributed by atoms with Crippen molar-refractivity contribution in [1.82, 2.24) is 0 Å². The van der Waals surface area contributed by atoms with Crippen LogP contribution in [0, 0.1) is 0 Å². The van der Waals surface area contributed by atoms with Crippen LogP contribution >= 0.6 is 0 Å². The molecule has 0 aliphatic rings. The van der Waals surface area contributed by atoms with E-state index in [4.69, 9.17) is 0 Å². The van der Waals surface area contributed by atoms with E-state index in [9.17, 15) is 0 Å². The van der Waals surface area contributed by atoms with Crippen molar-refractivity contribution in [3.05, 3.63) is 212 Å². The van der Waals surface area contributed by atoms with Crippen LogP contribution in [-0.4, -0.2) is 0 Å². The van der Waals surface area contributed by atoms with Crippen molar-refractivity contribution in [3.8, 4) is 44.5 Å². The molecule has 240 valence electrons. The molecule has 0 saturated heterocycles. The van der Waals surface area contributed by atoms with Crippen LogP contribution in [0.3, 0.4) is 0 Å². The van der Waals surface area contributed by atoms with Crippen LogP contribution in [0.4, 0.5) is 17.1 Å². The van der Waals surface area contributed by atoms with Crippen LogP contribution in [0.5, 0.6) is 0 Å². The Bertz CT molecular complexity index is 2590. The summed E-state index contributed by atoms with van der Waals surface area (Å²) in [7, 11) is 0. The zero-order valence-corrected chi connectivity index (χ0v) is 28.2. The summed E-state index contributed by atoms with van der Waals surface area (Å²) in [4.78, 5) is 2.37. The molecule has 1 nitrogen and oxygen atoms in total. The predicted molar refractivity (Wildman–Crippen MR) is 218 cm³/mol. The van der Waals surface area contributed by atoms with E-state index in [-0.39, 0.29) is 0 Å². The maximum Gasteiger partial charge on any atom is 0.0468 e. The molecule has 1 heteroatoms. The molecular weight excluding hydrogens is 615 g/mol. The molecule has 0 amide bonds. The second-order valence-electron chi connectivity index (χ2n) is 13.0. The first-order chi connectivity index (χ1) is 25.3. The SMILES string of the molecule is c1ccc(-c2ccc(N(c3ccc(-c4cc(-c5ccccc5)ccc4-c4ccccc4)cc3)c3ccc4c(ccc5ccccc54)c3)cc2)cc1. The number of rotatable bonds is 7. The van der Waals surface area contributed by atoms with E-state index in [1.54, 1.807) is 0 Å². The highest BCUT2D eigenvalue weighted by atomic mass is 15.1. The quantitative estimate of drug-likeness (QED) is 0.155. The average molecular weight is 650 g/mol. The Labute approximate surface area is 299 Å². The van der Waals surface area contributed by atoms with Crippen LogP contribution in [0.25, 0.3) is 66.1 Å². The molecule has 0 heterocycles. The number of anilines is 3.